The van der Waals surface area contributed by atoms with Gasteiger partial charge < -0.3 is 0 Å². The number of hydrogen-bond donors (Lipinski definition) is 0. The largest absolute Gasteiger partial charge is 0.208 e. The summed E-state index contributed by atoms with van der Waals surface area (Å²) in [6.07, 6.45) is 5.99. The Morgan fingerprint density at radius 1 is 0.355 bits per heavy atom. The van der Waals surface area contributed by atoms with Crippen molar-refractivity contribution in [2.75, 3.05) is 0 Å². The fourth-order valence-corrected chi connectivity index (χ4v) is 9.90. The summed E-state index contributed by atoms with van der Waals surface area (Å²) >= 11 is 0. The number of aromatic nitrogens is 3. The van der Waals surface area contributed by atoms with E-state index in [1.165, 1.54) is 58.2 Å². The zero-order chi connectivity index (χ0) is 41.5. The Morgan fingerprint density at radius 2 is 0.823 bits per heavy atom. The summed E-state index contributed by atoms with van der Waals surface area (Å²) in [5, 5.41) is 9.83. The highest BCUT2D eigenvalue weighted by Crippen LogP contribution is 2.58. The van der Waals surface area contributed by atoms with Crippen LogP contribution in [0.5, 0.6) is 0 Å². The van der Waals surface area contributed by atoms with Crippen molar-refractivity contribution in [3.05, 3.63) is 211 Å². The van der Waals surface area contributed by atoms with Crippen LogP contribution >= 0.6 is 0 Å². The maximum atomic E-state index is 9.83. The van der Waals surface area contributed by atoms with Crippen LogP contribution in [-0.2, 0) is 5.41 Å². The van der Waals surface area contributed by atoms with Gasteiger partial charge in [0.15, 0.2) is 17.5 Å². The predicted molar refractivity (Wildman–Crippen MR) is 252 cm³/mol. The first kappa shape index (κ1) is 37.3. The first-order valence-electron chi connectivity index (χ1n) is 21.6. The van der Waals surface area contributed by atoms with E-state index in [1.807, 2.05) is 42.5 Å². The van der Waals surface area contributed by atoms with E-state index in [-0.39, 0.29) is 5.41 Å². The molecule has 8 aromatic carbocycles. The lowest BCUT2D eigenvalue weighted by atomic mass is 9.67. The second kappa shape index (κ2) is 15.7. The quantitative estimate of drug-likeness (QED) is 0.161. The molecule has 0 N–H and O–H groups in total. The minimum absolute atomic E-state index is 0.00539. The van der Waals surface area contributed by atoms with Crippen LogP contribution in [0.4, 0.5) is 0 Å². The summed E-state index contributed by atoms with van der Waals surface area (Å²) in [6, 6.07) is 70.9. The zero-order valence-corrected chi connectivity index (χ0v) is 34.3. The van der Waals surface area contributed by atoms with Crippen LogP contribution in [0.2, 0.25) is 0 Å². The van der Waals surface area contributed by atoms with Gasteiger partial charge in [-0.1, -0.05) is 189 Å². The Kier molecular flexibility index (Phi) is 9.44. The molecule has 62 heavy (non-hydrogen) atoms. The second-order valence-corrected chi connectivity index (χ2v) is 16.6. The van der Waals surface area contributed by atoms with Gasteiger partial charge in [0.1, 0.15) is 0 Å². The van der Waals surface area contributed by atoms with Crippen LogP contribution in [-0.4, -0.2) is 15.0 Å². The fraction of sp³-hybridized carbons (Fsp3) is 0.103. The molecule has 1 saturated carbocycles. The maximum absolute atomic E-state index is 9.83. The van der Waals surface area contributed by atoms with Gasteiger partial charge in [-0.05, 0) is 104 Å². The number of benzene rings is 8. The fourth-order valence-electron chi connectivity index (χ4n) is 9.90. The molecule has 0 bridgehead atoms. The smallest absolute Gasteiger partial charge is 0.164 e. The number of rotatable bonds is 7. The molecule has 0 radical (unpaired) electrons. The first-order chi connectivity index (χ1) is 30.6. The van der Waals surface area contributed by atoms with Crippen LogP contribution in [0.1, 0.15) is 48.8 Å². The molecular weight excluding hydrogens is 753 g/mol. The topological polar surface area (TPSA) is 62.5 Å². The van der Waals surface area contributed by atoms with Crippen molar-refractivity contribution in [3.8, 4) is 95.9 Å². The highest BCUT2D eigenvalue weighted by molar-refractivity contribution is 5.93. The third-order valence-electron chi connectivity index (χ3n) is 13.0. The van der Waals surface area contributed by atoms with Gasteiger partial charge in [-0.25, -0.2) is 15.0 Å². The molecule has 9 aromatic rings. The molecule has 0 saturated heterocycles. The molecule has 1 spiro atoms. The molecule has 0 amide bonds. The lowest BCUT2D eigenvalue weighted by Crippen LogP contribution is -2.28. The molecule has 1 heterocycles. The van der Waals surface area contributed by atoms with E-state index in [4.69, 9.17) is 15.0 Å². The van der Waals surface area contributed by atoms with Gasteiger partial charge in [0.25, 0.3) is 0 Å². The summed E-state index contributed by atoms with van der Waals surface area (Å²) in [5.41, 5.74) is 18.3. The lowest BCUT2D eigenvalue weighted by Gasteiger charge is -2.36. The van der Waals surface area contributed by atoms with Gasteiger partial charge in [0, 0.05) is 22.1 Å². The lowest BCUT2D eigenvalue weighted by molar-refractivity contribution is 0.353. The summed E-state index contributed by atoms with van der Waals surface area (Å²) < 4.78 is 0. The van der Waals surface area contributed by atoms with Crippen molar-refractivity contribution in [3.63, 3.8) is 0 Å². The monoisotopic (exact) mass is 794 g/mol. The Balaban J connectivity index is 0.915. The van der Waals surface area contributed by atoms with Crippen molar-refractivity contribution in [1.82, 2.24) is 15.0 Å². The van der Waals surface area contributed by atoms with Crippen molar-refractivity contribution in [1.29, 1.82) is 5.26 Å². The van der Waals surface area contributed by atoms with Gasteiger partial charge >= 0.3 is 0 Å². The molecule has 11 rings (SSSR count). The molecule has 2 aliphatic carbocycles. The zero-order valence-electron chi connectivity index (χ0n) is 34.3. The maximum Gasteiger partial charge on any atom is 0.164 e. The molecule has 2 aliphatic rings. The number of nitrogens with zero attached hydrogens (tertiary/aromatic N) is 4. The molecule has 4 nitrogen and oxygen atoms in total. The van der Waals surface area contributed by atoms with Gasteiger partial charge in [0.2, 0.25) is 0 Å². The number of hydrogen-bond acceptors (Lipinski definition) is 4. The van der Waals surface area contributed by atoms with Gasteiger partial charge in [-0.15, -0.1) is 0 Å². The van der Waals surface area contributed by atoms with Crippen molar-refractivity contribution in [2.24, 2.45) is 0 Å². The molecule has 4 heteroatoms. The molecule has 0 unspecified atom stereocenters. The summed E-state index contributed by atoms with van der Waals surface area (Å²) in [4.78, 5) is 15.1. The normalized spacial score (nSPS) is 13.6. The van der Waals surface area contributed by atoms with Gasteiger partial charge in [0.05, 0.1) is 11.6 Å². The van der Waals surface area contributed by atoms with E-state index >= 15 is 0 Å². The Morgan fingerprint density at radius 3 is 1.47 bits per heavy atom. The van der Waals surface area contributed by atoms with Gasteiger partial charge in [-0.2, -0.15) is 5.26 Å². The highest BCUT2D eigenvalue weighted by atomic mass is 15.0. The van der Waals surface area contributed by atoms with Gasteiger partial charge in [-0.3, -0.25) is 0 Å². The van der Waals surface area contributed by atoms with Crippen LogP contribution in [0.15, 0.2) is 194 Å². The van der Waals surface area contributed by atoms with Crippen molar-refractivity contribution in [2.45, 2.75) is 37.5 Å². The minimum atomic E-state index is -0.00539. The predicted octanol–water partition coefficient (Wildman–Crippen LogP) is 14.6. The molecule has 294 valence electrons. The number of fused-ring (bicyclic) bond motifs is 5. The summed E-state index contributed by atoms with van der Waals surface area (Å²) in [5.74, 6) is 1.90. The SMILES string of the molecule is N#Cc1ccc2c(c1)C1(CCCCC1)c1cccc(-c3ccc(-c4cccc(-c5cccc(-c6nc(-c7ccccc7)nc(-c7ccc(-c8ccccc8)cc7)n6)c5)c4)cc3)c1-2. The van der Waals surface area contributed by atoms with E-state index in [1.54, 1.807) is 0 Å². The van der Waals surface area contributed by atoms with Crippen molar-refractivity contribution >= 4 is 0 Å². The van der Waals surface area contributed by atoms with Crippen molar-refractivity contribution < 1.29 is 0 Å². The van der Waals surface area contributed by atoms with Crippen LogP contribution in [0.25, 0.3) is 89.8 Å². The van der Waals surface area contributed by atoms with Crippen LogP contribution < -0.4 is 0 Å². The minimum Gasteiger partial charge on any atom is -0.208 e. The Bertz CT molecular complexity index is 3140. The second-order valence-electron chi connectivity index (χ2n) is 16.6. The van der Waals surface area contributed by atoms with E-state index < -0.39 is 0 Å². The Hall–Kier alpha value is -7.74. The molecule has 1 fully saturated rings. The van der Waals surface area contributed by atoms with Crippen LogP contribution in [0, 0.1) is 11.3 Å². The molecule has 0 aliphatic heterocycles. The highest BCUT2D eigenvalue weighted by Gasteiger charge is 2.44. The van der Waals surface area contributed by atoms with E-state index in [0.29, 0.717) is 17.5 Å². The van der Waals surface area contributed by atoms with E-state index in [2.05, 4.69) is 158 Å². The first-order valence-corrected chi connectivity index (χ1v) is 21.6. The molecule has 0 atom stereocenters. The summed E-state index contributed by atoms with van der Waals surface area (Å²) in [6.45, 7) is 0. The standard InChI is InChI=1S/C58H42N4/c59-38-39-23-32-51-53(35-39)58(33-8-3-9-34-58)52-22-12-21-50(54(51)52)43-28-24-42(25-29-43)46-17-10-18-47(36-46)48-19-11-20-49(37-48)57-61-55(44-15-6-2-7-16-44)60-56(62-57)45-30-26-41(27-31-45)40-13-4-1-5-14-40/h1-2,4-7,10-32,35-37H,3,8-9,33-34H2. The van der Waals surface area contributed by atoms with E-state index in [0.717, 1.165) is 62.9 Å². The van der Waals surface area contributed by atoms with E-state index in [9.17, 15) is 5.26 Å². The average Bonchev–Trinajstić information content (AvgIpc) is 3.62. The third-order valence-corrected chi connectivity index (χ3v) is 13.0. The third kappa shape index (κ3) is 6.69. The van der Waals surface area contributed by atoms with Crippen LogP contribution in [0.3, 0.4) is 0 Å². The molecule has 1 aromatic heterocycles. The molecular formula is C58H42N4. The Labute approximate surface area is 362 Å². The summed E-state index contributed by atoms with van der Waals surface area (Å²) in [7, 11) is 0. The average molecular weight is 795 g/mol. The number of nitriles is 1.